The van der Waals surface area contributed by atoms with Crippen LogP contribution in [0.5, 0.6) is 0 Å². The van der Waals surface area contributed by atoms with E-state index in [1.165, 1.54) is 43.5 Å². The zero-order chi connectivity index (χ0) is 39.7. The molecule has 3 heterocycles. The number of piperidine rings is 1. The summed E-state index contributed by atoms with van der Waals surface area (Å²) in [5.41, 5.74) is -0.587. The normalized spacial score (nSPS) is 22.8. The molecule has 0 bridgehead atoms. The number of sulfone groups is 1. The number of nitrogens with one attached hydrogen (secondary N) is 2. The topological polar surface area (TPSA) is 111 Å². The Morgan fingerprint density at radius 2 is 1.62 bits per heavy atom. The van der Waals surface area contributed by atoms with Crippen molar-refractivity contribution < 1.29 is 35.9 Å². The number of nitrogens with zero attached hydrogens (tertiary/aromatic N) is 3. The van der Waals surface area contributed by atoms with Crippen LogP contribution in [-0.4, -0.2) is 101 Å². The number of carbonyl (C=O) groups excluding carboxylic acids is 2. The Hall–Kier alpha value is -4.14. The minimum atomic E-state index is -4.09. The molecule has 3 saturated heterocycles. The summed E-state index contributed by atoms with van der Waals surface area (Å²) in [7, 11) is -2.72. The summed E-state index contributed by atoms with van der Waals surface area (Å²) in [6.07, 6.45) is 5.12. The second-order valence-corrected chi connectivity index (χ2v) is 18.0. The number of hydrogen-bond donors (Lipinski definition) is 2. The fourth-order valence-electron chi connectivity index (χ4n) is 9.69. The molecule has 0 unspecified atom stereocenters. The predicted octanol–water partition coefficient (Wildman–Crippen LogP) is 6.55. The number of alkyl halides is 1. The van der Waals surface area contributed by atoms with Gasteiger partial charge in [0.1, 0.15) is 11.6 Å². The molecule has 1 saturated carbocycles. The molecule has 3 aliphatic heterocycles. The van der Waals surface area contributed by atoms with Crippen molar-refractivity contribution in [1.29, 1.82) is 0 Å². The number of amides is 2. The smallest absolute Gasteiger partial charge is 0.407 e. The fraction of sp³-hybridized carbons (Fsp3) is 0.524. The van der Waals surface area contributed by atoms with Crippen molar-refractivity contribution in [2.24, 2.45) is 11.8 Å². The zero-order valence-corrected chi connectivity index (χ0v) is 32.9. The van der Waals surface area contributed by atoms with E-state index in [4.69, 9.17) is 4.74 Å². The van der Waals surface area contributed by atoms with Crippen LogP contribution in [0.15, 0.2) is 76.5 Å². The zero-order valence-electron chi connectivity index (χ0n) is 32.1. The van der Waals surface area contributed by atoms with E-state index >= 15 is 13.2 Å². The van der Waals surface area contributed by atoms with Gasteiger partial charge in [-0.3, -0.25) is 9.69 Å². The lowest BCUT2D eigenvalue weighted by atomic mass is 9.57. The Morgan fingerprint density at radius 3 is 2.29 bits per heavy atom. The number of hydrogen-bond acceptors (Lipinski definition) is 8. The molecule has 4 fully saturated rings. The average molecular weight is 796 g/mol. The minimum Gasteiger partial charge on any atom is -0.453 e. The highest BCUT2D eigenvalue weighted by molar-refractivity contribution is 7.91. The predicted molar refractivity (Wildman–Crippen MR) is 208 cm³/mol. The second kappa shape index (κ2) is 16.4. The van der Waals surface area contributed by atoms with Gasteiger partial charge in [-0.2, -0.15) is 0 Å². The van der Waals surface area contributed by atoms with Gasteiger partial charge in [0.25, 0.3) is 0 Å². The number of likely N-dealkylation sites (tertiary alicyclic amines) is 2. The van der Waals surface area contributed by atoms with Crippen LogP contribution in [0.2, 0.25) is 0 Å². The van der Waals surface area contributed by atoms with Crippen LogP contribution in [0.4, 0.5) is 29.3 Å². The van der Waals surface area contributed by atoms with Crippen molar-refractivity contribution in [3.8, 4) is 0 Å². The molecule has 302 valence electrons. The summed E-state index contributed by atoms with van der Waals surface area (Å²) in [6, 6.07) is 16.3. The molecule has 56 heavy (non-hydrogen) atoms. The molecule has 2 N–H and O–H groups in total. The molecule has 0 radical (unpaired) electrons. The molecule has 3 atom stereocenters. The van der Waals surface area contributed by atoms with Gasteiger partial charge in [0.15, 0.2) is 5.67 Å². The first kappa shape index (κ1) is 40.1. The Balaban J connectivity index is 1.03. The molecule has 0 aromatic heterocycles. The molecule has 3 aromatic carbocycles. The highest BCUT2D eigenvalue weighted by Gasteiger charge is 2.54. The number of methoxy groups -OCH3 is 1. The van der Waals surface area contributed by atoms with Crippen molar-refractivity contribution >= 4 is 33.2 Å². The van der Waals surface area contributed by atoms with Crippen LogP contribution < -0.4 is 15.5 Å². The highest BCUT2D eigenvalue weighted by atomic mass is 32.2. The Kier molecular flexibility index (Phi) is 11.7. The lowest BCUT2D eigenvalue weighted by Gasteiger charge is -2.54. The van der Waals surface area contributed by atoms with E-state index in [1.54, 1.807) is 30.0 Å². The number of alkyl carbamates (subject to hydrolysis) is 1. The Bertz CT molecular complexity index is 2020. The van der Waals surface area contributed by atoms with E-state index in [0.29, 0.717) is 18.8 Å². The number of halogens is 3. The van der Waals surface area contributed by atoms with Gasteiger partial charge >= 0.3 is 6.09 Å². The number of ether oxygens (including phenoxy) is 1. The molecule has 0 spiro atoms. The number of rotatable bonds is 13. The van der Waals surface area contributed by atoms with Crippen molar-refractivity contribution in [3.05, 3.63) is 83.9 Å². The molecule has 14 heteroatoms. The molecule has 4 aliphatic rings. The van der Waals surface area contributed by atoms with Crippen LogP contribution in [0.1, 0.15) is 57.4 Å². The molecule has 10 nitrogen and oxygen atoms in total. The molecule has 7 rings (SSSR count). The van der Waals surface area contributed by atoms with Crippen LogP contribution >= 0.6 is 0 Å². The first-order valence-corrected chi connectivity index (χ1v) is 21.3. The standard InChI is InChI=1S/C42H52F3N5O5S/c1-3-39(51)46-32-10-5-11-33(23-32)56(53,54)34-14-15-38(36(44)24-34)50-26-41(45,27-50)25-49-20-16-29(17-21-49)42(28-48-18-7-19-48,30-8-4-9-31(43)22-30)35-12-6-13-37(35)47-40(52)55-2/h4-5,8-11,14-15,22-24,29,35,37H,3,6-7,12-13,16-21,25-28H2,1-2H3,(H,46,51)(H,47,52)/t35-,37-,42-/m0/s1. The maximum Gasteiger partial charge on any atom is 0.407 e. The molecular formula is C42H52F3N5O5S. The van der Waals surface area contributed by atoms with Crippen LogP contribution in [0, 0.1) is 23.5 Å². The van der Waals surface area contributed by atoms with E-state index in [1.807, 2.05) is 6.07 Å². The molecule has 2 amide bonds. The van der Waals surface area contributed by atoms with Gasteiger partial charge in [-0.05, 0) is 124 Å². The first-order chi connectivity index (χ1) is 26.8. The van der Waals surface area contributed by atoms with Gasteiger partial charge in [0, 0.05) is 36.7 Å². The van der Waals surface area contributed by atoms with Crippen molar-refractivity contribution in [2.75, 3.05) is 69.7 Å². The third-order valence-electron chi connectivity index (χ3n) is 12.6. The van der Waals surface area contributed by atoms with Gasteiger partial charge < -0.3 is 25.2 Å². The summed E-state index contributed by atoms with van der Waals surface area (Å²) >= 11 is 0. The van der Waals surface area contributed by atoms with E-state index in [0.717, 1.165) is 69.8 Å². The fourth-order valence-corrected chi connectivity index (χ4v) is 11.0. The van der Waals surface area contributed by atoms with E-state index in [9.17, 15) is 18.0 Å². The maximum atomic E-state index is 16.3. The van der Waals surface area contributed by atoms with E-state index in [2.05, 4.69) is 20.4 Å². The summed E-state index contributed by atoms with van der Waals surface area (Å²) in [5.74, 6) is -1.06. The highest BCUT2D eigenvalue weighted by Crippen LogP contribution is 2.52. The maximum absolute atomic E-state index is 16.3. The number of carbonyl (C=O) groups is 2. The summed E-state index contributed by atoms with van der Waals surface area (Å²) in [4.78, 5) is 30.2. The minimum absolute atomic E-state index is 0.0275. The van der Waals surface area contributed by atoms with Crippen LogP contribution in [0.3, 0.4) is 0 Å². The lowest BCUT2D eigenvalue weighted by molar-refractivity contribution is -0.115. The van der Waals surface area contributed by atoms with Gasteiger partial charge in [0.05, 0.1) is 35.7 Å². The van der Waals surface area contributed by atoms with Gasteiger partial charge in [-0.15, -0.1) is 0 Å². The van der Waals surface area contributed by atoms with Crippen molar-refractivity contribution in [1.82, 2.24) is 15.1 Å². The lowest BCUT2D eigenvalue weighted by Crippen LogP contribution is -2.65. The number of benzene rings is 3. The van der Waals surface area contributed by atoms with Gasteiger partial charge in [0.2, 0.25) is 15.7 Å². The summed E-state index contributed by atoms with van der Waals surface area (Å²) in [6.45, 7) is 5.84. The quantitative estimate of drug-likeness (QED) is 0.201. The largest absolute Gasteiger partial charge is 0.453 e. The Morgan fingerprint density at radius 1 is 0.893 bits per heavy atom. The van der Waals surface area contributed by atoms with Gasteiger partial charge in [-0.25, -0.2) is 26.4 Å². The van der Waals surface area contributed by atoms with Crippen LogP contribution in [-0.2, 0) is 24.8 Å². The molecule has 3 aromatic rings. The number of anilines is 2. The third kappa shape index (κ3) is 8.15. The van der Waals surface area contributed by atoms with Crippen molar-refractivity contribution in [2.45, 2.75) is 78.8 Å². The SMILES string of the molecule is CCC(=O)Nc1cccc(S(=O)(=O)c2ccc(N3CC(F)(CN4CCC([C@@](CN5CCC5)(c5cccc(F)c5)[C@H]5CCC[C@@H]5NC(=O)OC)CC4)C3)c(F)c2)c1. The van der Waals surface area contributed by atoms with Gasteiger partial charge in [-0.1, -0.05) is 31.5 Å². The second-order valence-electron chi connectivity index (χ2n) is 16.1. The van der Waals surface area contributed by atoms with Crippen molar-refractivity contribution in [3.63, 3.8) is 0 Å². The summed E-state index contributed by atoms with van der Waals surface area (Å²) in [5, 5.41) is 5.75. The first-order valence-electron chi connectivity index (χ1n) is 19.8. The third-order valence-corrected chi connectivity index (χ3v) is 14.3. The monoisotopic (exact) mass is 795 g/mol. The summed E-state index contributed by atoms with van der Waals surface area (Å²) < 4.78 is 78.6. The van der Waals surface area contributed by atoms with E-state index < -0.39 is 32.8 Å². The molecule has 1 aliphatic carbocycles. The molecular weight excluding hydrogens is 744 g/mol. The average Bonchev–Trinajstić information content (AvgIpc) is 3.62. The Labute approximate surface area is 327 Å². The van der Waals surface area contributed by atoms with E-state index in [-0.39, 0.29) is 71.1 Å². The van der Waals surface area contributed by atoms with Crippen LogP contribution in [0.25, 0.3) is 0 Å².